The lowest BCUT2D eigenvalue weighted by molar-refractivity contribution is 0.931. The number of nitrogens with zero attached hydrogens (tertiary/aromatic N) is 2. The predicted octanol–water partition coefficient (Wildman–Crippen LogP) is 5.46. The van der Waals surface area contributed by atoms with Crippen molar-refractivity contribution >= 4 is 54.1 Å². The van der Waals surface area contributed by atoms with E-state index >= 15 is 0 Å². The highest BCUT2D eigenvalue weighted by Crippen LogP contribution is 2.25. The van der Waals surface area contributed by atoms with E-state index in [4.69, 9.17) is 0 Å². The summed E-state index contributed by atoms with van der Waals surface area (Å²) in [6.45, 7) is 2.04. The van der Waals surface area contributed by atoms with E-state index in [0.29, 0.717) is 0 Å². The number of halogens is 2. The minimum Gasteiger partial charge on any atom is -0.340 e. The van der Waals surface area contributed by atoms with Gasteiger partial charge in [0.15, 0.2) is 0 Å². The third-order valence-electron chi connectivity index (χ3n) is 3.13. The lowest BCUT2D eigenvalue weighted by atomic mass is 10.1. The van der Waals surface area contributed by atoms with E-state index in [0.717, 1.165) is 32.8 Å². The maximum atomic E-state index is 4.48. The molecule has 0 atom stereocenters. The van der Waals surface area contributed by atoms with E-state index in [1.807, 2.05) is 19.1 Å². The van der Waals surface area contributed by atoms with Gasteiger partial charge in [-0.2, -0.15) is 0 Å². The first-order valence-corrected chi connectivity index (χ1v) is 8.22. The Balaban J connectivity index is 1.94. The Labute approximate surface area is 140 Å². The summed E-state index contributed by atoms with van der Waals surface area (Å²) in [6.07, 6.45) is 0.805. The third kappa shape index (κ3) is 3.41. The molecule has 2 aromatic carbocycles. The van der Waals surface area contributed by atoms with E-state index in [1.165, 1.54) is 10.8 Å². The molecule has 1 aromatic heterocycles. The number of rotatable bonds is 3. The molecule has 0 aliphatic heterocycles. The second kappa shape index (κ2) is 6.12. The van der Waals surface area contributed by atoms with E-state index in [2.05, 4.69) is 77.5 Å². The minimum atomic E-state index is 0.793. The van der Waals surface area contributed by atoms with Crippen molar-refractivity contribution in [1.29, 1.82) is 0 Å². The van der Waals surface area contributed by atoms with Gasteiger partial charge >= 0.3 is 0 Å². The second-order valence-corrected chi connectivity index (χ2v) is 6.41. The zero-order valence-electron chi connectivity index (χ0n) is 11.4. The molecule has 21 heavy (non-hydrogen) atoms. The molecule has 0 spiro atoms. The zero-order chi connectivity index (χ0) is 14.8. The number of aryl methyl sites for hydroxylation is 1. The molecular weight excluding hydrogens is 394 g/mol. The van der Waals surface area contributed by atoms with Gasteiger partial charge in [0.1, 0.15) is 16.2 Å². The fourth-order valence-electron chi connectivity index (χ4n) is 2.13. The van der Waals surface area contributed by atoms with Crippen LogP contribution in [0.15, 0.2) is 51.5 Å². The first-order chi connectivity index (χ1) is 10.1. The highest BCUT2D eigenvalue weighted by Gasteiger charge is 2.03. The van der Waals surface area contributed by atoms with Gasteiger partial charge in [-0.1, -0.05) is 35.0 Å². The van der Waals surface area contributed by atoms with Crippen LogP contribution in [0.3, 0.4) is 0 Å². The van der Waals surface area contributed by atoms with Crippen molar-refractivity contribution in [3.8, 4) is 0 Å². The fourth-order valence-corrected chi connectivity index (χ4v) is 2.93. The zero-order valence-corrected chi connectivity index (χ0v) is 14.6. The molecule has 1 N–H and O–H groups in total. The summed E-state index contributed by atoms with van der Waals surface area (Å²) in [4.78, 5) is 8.80. The van der Waals surface area contributed by atoms with Crippen LogP contribution in [-0.2, 0) is 6.42 Å². The Morgan fingerprint density at radius 3 is 2.52 bits per heavy atom. The molecule has 0 aliphatic rings. The molecule has 3 aromatic rings. The number of anilines is 2. The second-order valence-electron chi connectivity index (χ2n) is 4.68. The maximum Gasteiger partial charge on any atom is 0.135 e. The first kappa shape index (κ1) is 14.5. The molecule has 0 fully saturated rings. The van der Waals surface area contributed by atoms with E-state index in [-0.39, 0.29) is 0 Å². The van der Waals surface area contributed by atoms with Crippen LogP contribution in [0.2, 0.25) is 0 Å². The molecule has 0 unspecified atom stereocenters. The molecule has 0 saturated heterocycles. The van der Waals surface area contributed by atoms with Crippen molar-refractivity contribution in [2.24, 2.45) is 0 Å². The number of benzene rings is 2. The molecule has 0 radical (unpaired) electrons. The molecule has 5 heteroatoms. The van der Waals surface area contributed by atoms with Gasteiger partial charge in [-0.25, -0.2) is 9.97 Å². The van der Waals surface area contributed by atoms with Crippen LogP contribution in [-0.4, -0.2) is 9.97 Å². The predicted molar refractivity (Wildman–Crippen MR) is 94.0 cm³/mol. The first-order valence-electron chi connectivity index (χ1n) is 6.64. The highest BCUT2D eigenvalue weighted by atomic mass is 79.9. The smallest absolute Gasteiger partial charge is 0.135 e. The van der Waals surface area contributed by atoms with Crippen LogP contribution >= 0.6 is 31.9 Å². The average Bonchev–Trinajstić information content (AvgIpc) is 2.47. The summed E-state index contributed by atoms with van der Waals surface area (Å²) in [5.74, 6) is 1.61. The lowest BCUT2D eigenvalue weighted by Gasteiger charge is -2.08. The summed E-state index contributed by atoms with van der Waals surface area (Å²) in [6, 6.07) is 14.4. The Hall–Kier alpha value is -1.46. The van der Waals surface area contributed by atoms with Gasteiger partial charge in [0.25, 0.3) is 0 Å². The van der Waals surface area contributed by atoms with Crippen LogP contribution in [0, 0.1) is 0 Å². The Kier molecular flexibility index (Phi) is 4.22. The van der Waals surface area contributed by atoms with Crippen molar-refractivity contribution in [1.82, 2.24) is 9.97 Å². The van der Waals surface area contributed by atoms with Crippen LogP contribution in [0.1, 0.15) is 12.7 Å². The molecule has 0 bridgehead atoms. The molecule has 106 valence electrons. The van der Waals surface area contributed by atoms with Crippen molar-refractivity contribution in [3.05, 3.63) is 57.4 Å². The highest BCUT2D eigenvalue weighted by molar-refractivity contribution is 9.10. The number of hydrogen-bond acceptors (Lipinski definition) is 3. The van der Waals surface area contributed by atoms with E-state index in [1.54, 1.807) is 0 Å². The van der Waals surface area contributed by atoms with Crippen molar-refractivity contribution < 1.29 is 0 Å². The number of fused-ring (bicyclic) bond motifs is 1. The summed E-state index contributed by atoms with van der Waals surface area (Å²) in [7, 11) is 0. The van der Waals surface area contributed by atoms with E-state index < -0.39 is 0 Å². The fraction of sp³-hybridized carbons (Fsp3) is 0.125. The van der Waals surface area contributed by atoms with Gasteiger partial charge in [0, 0.05) is 22.6 Å². The molecule has 3 rings (SSSR count). The standard InChI is InChI=1S/C16H13Br2N3/c1-2-15-20-14(18)9-16(21-15)19-13-6-4-10-7-12(17)5-3-11(10)8-13/h3-9H,2H2,1H3,(H,19,20,21). The topological polar surface area (TPSA) is 37.8 Å². The quantitative estimate of drug-likeness (QED) is 0.586. The number of nitrogens with one attached hydrogen (secondary N) is 1. The van der Waals surface area contributed by atoms with Gasteiger partial charge in [-0.3, -0.25) is 0 Å². The number of aromatic nitrogens is 2. The number of hydrogen-bond donors (Lipinski definition) is 1. The van der Waals surface area contributed by atoms with Gasteiger partial charge < -0.3 is 5.32 Å². The summed E-state index contributed by atoms with van der Waals surface area (Å²) < 4.78 is 1.88. The van der Waals surface area contributed by atoms with Crippen molar-refractivity contribution in [2.75, 3.05) is 5.32 Å². The molecule has 0 saturated carbocycles. The largest absolute Gasteiger partial charge is 0.340 e. The summed E-state index contributed by atoms with van der Waals surface area (Å²) in [5.41, 5.74) is 1.01. The lowest BCUT2D eigenvalue weighted by Crippen LogP contribution is -1.99. The van der Waals surface area contributed by atoms with Crippen molar-refractivity contribution in [2.45, 2.75) is 13.3 Å². The normalized spacial score (nSPS) is 10.8. The third-order valence-corrected chi connectivity index (χ3v) is 4.03. The molecule has 0 aliphatic carbocycles. The molecule has 3 nitrogen and oxygen atoms in total. The molecular formula is C16H13Br2N3. The Bertz CT molecular complexity index is 803. The summed E-state index contributed by atoms with van der Waals surface area (Å²) in [5, 5.41) is 5.72. The SMILES string of the molecule is CCc1nc(Br)cc(Nc2ccc3cc(Br)ccc3c2)n1. The summed E-state index contributed by atoms with van der Waals surface area (Å²) >= 11 is 6.91. The Morgan fingerprint density at radius 1 is 0.952 bits per heavy atom. The van der Waals surface area contributed by atoms with E-state index in [9.17, 15) is 0 Å². The van der Waals surface area contributed by atoms with Crippen LogP contribution in [0.5, 0.6) is 0 Å². The molecule has 1 heterocycles. The van der Waals surface area contributed by atoms with Crippen molar-refractivity contribution in [3.63, 3.8) is 0 Å². The Morgan fingerprint density at radius 2 is 1.71 bits per heavy atom. The van der Waals surface area contributed by atoms with Gasteiger partial charge in [-0.15, -0.1) is 0 Å². The van der Waals surface area contributed by atoms with Crippen LogP contribution < -0.4 is 5.32 Å². The minimum absolute atomic E-state index is 0.793. The van der Waals surface area contributed by atoms with Crippen LogP contribution in [0.25, 0.3) is 10.8 Å². The monoisotopic (exact) mass is 405 g/mol. The van der Waals surface area contributed by atoms with Gasteiger partial charge in [-0.05, 0) is 51.0 Å². The maximum absolute atomic E-state index is 4.48. The van der Waals surface area contributed by atoms with Gasteiger partial charge in [0.05, 0.1) is 0 Å². The van der Waals surface area contributed by atoms with Crippen LogP contribution in [0.4, 0.5) is 11.5 Å². The molecule has 0 amide bonds. The van der Waals surface area contributed by atoms with Gasteiger partial charge in [0.2, 0.25) is 0 Å². The average molecular weight is 407 g/mol.